The number of carbonyl (C=O) groups is 2. The first-order valence-corrected chi connectivity index (χ1v) is 16.0. The van der Waals surface area contributed by atoms with Crippen LogP contribution in [-0.2, 0) is 23.7 Å². The van der Waals surface area contributed by atoms with E-state index in [1.165, 1.54) is 6.92 Å². The standard InChI is InChI=1S/C34H50N2O8/c1-8-23-26(41-5)18-33(39)22-16-27-31(19-35-9-2,44-30(38)24-12-10-11-13-25(24)36-21(4)37)15-14-28(42-6)32(27,17-22)20(3)34(33,40)29(23)43-7/h10-14,20,22-23,26-27,29,35,39-40H,8-9,15-19H2,1-7H3,(H,36,37)/t20-,22?,23+,26-,27+,29-,31+,32?,33-,34-/m0/s1. The smallest absolute Gasteiger partial charge is 0.340 e. The second-order valence-corrected chi connectivity index (χ2v) is 13.3. The Kier molecular flexibility index (Phi) is 8.98. The zero-order valence-electron chi connectivity index (χ0n) is 27.1. The van der Waals surface area contributed by atoms with Crippen LogP contribution < -0.4 is 10.6 Å². The molecule has 0 radical (unpaired) electrons. The van der Waals surface area contributed by atoms with E-state index in [9.17, 15) is 19.8 Å². The fraction of sp³-hybridized carbons (Fsp3) is 0.706. The number of hydrogen-bond acceptors (Lipinski definition) is 9. The van der Waals surface area contributed by atoms with Crippen molar-refractivity contribution in [1.82, 2.24) is 5.32 Å². The van der Waals surface area contributed by atoms with Gasteiger partial charge in [-0.3, -0.25) is 4.79 Å². The van der Waals surface area contributed by atoms with Crippen LogP contribution >= 0.6 is 0 Å². The molecule has 0 heterocycles. The molecule has 0 aliphatic heterocycles. The topological polar surface area (TPSA) is 136 Å². The zero-order valence-corrected chi connectivity index (χ0v) is 27.1. The van der Waals surface area contributed by atoms with Crippen LogP contribution in [0.4, 0.5) is 5.69 Å². The summed E-state index contributed by atoms with van der Waals surface area (Å²) in [4.78, 5) is 26.0. The number of benzene rings is 1. The Bertz CT molecular complexity index is 1290. The van der Waals surface area contributed by atoms with Crippen LogP contribution in [0.2, 0.25) is 0 Å². The number of methoxy groups -OCH3 is 3. The summed E-state index contributed by atoms with van der Waals surface area (Å²) in [6.07, 6.45) is 3.51. The van der Waals surface area contributed by atoms with Crippen LogP contribution in [0.3, 0.4) is 0 Å². The van der Waals surface area contributed by atoms with Crippen molar-refractivity contribution in [3.8, 4) is 0 Å². The van der Waals surface area contributed by atoms with Crippen LogP contribution in [0.1, 0.15) is 70.2 Å². The van der Waals surface area contributed by atoms with E-state index in [-0.39, 0.29) is 41.7 Å². The van der Waals surface area contributed by atoms with Crippen molar-refractivity contribution in [3.63, 3.8) is 0 Å². The molecule has 0 aromatic heterocycles. The number of aliphatic hydroxyl groups is 2. The minimum Gasteiger partial charge on any atom is -0.501 e. The number of nitrogens with one attached hydrogen (secondary N) is 2. The summed E-state index contributed by atoms with van der Waals surface area (Å²) < 4.78 is 24.8. The van der Waals surface area contributed by atoms with Crippen molar-refractivity contribution >= 4 is 17.6 Å². The van der Waals surface area contributed by atoms with Crippen LogP contribution in [0.25, 0.3) is 0 Å². The van der Waals surface area contributed by atoms with Crippen molar-refractivity contribution in [2.24, 2.45) is 29.1 Å². The van der Waals surface area contributed by atoms with E-state index in [0.717, 1.165) is 5.76 Å². The maximum atomic E-state index is 14.0. The summed E-state index contributed by atoms with van der Waals surface area (Å²) in [5, 5.41) is 31.9. The molecule has 1 amide bonds. The maximum absolute atomic E-state index is 14.0. The van der Waals surface area contributed by atoms with Gasteiger partial charge in [0.15, 0.2) is 0 Å². The molecule has 3 fully saturated rings. The number of amides is 1. The van der Waals surface area contributed by atoms with E-state index in [1.807, 2.05) is 19.9 Å². The fourth-order valence-electron chi connectivity index (χ4n) is 9.88. The van der Waals surface area contributed by atoms with Gasteiger partial charge in [-0.25, -0.2) is 4.79 Å². The van der Waals surface area contributed by atoms with E-state index < -0.39 is 40.2 Å². The number of hydrogen-bond donors (Lipinski definition) is 4. The van der Waals surface area contributed by atoms with Gasteiger partial charge in [-0.05, 0) is 49.9 Å². The van der Waals surface area contributed by atoms with Gasteiger partial charge in [0.2, 0.25) is 5.91 Å². The third-order valence-corrected chi connectivity index (χ3v) is 11.7. The average molecular weight is 615 g/mol. The van der Waals surface area contributed by atoms with Gasteiger partial charge in [0, 0.05) is 63.7 Å². The molecule has 1 aromatic rings. The van der Waals surface area contributed by atoms with Gasteiger partial charge < -0.3 is 39.8 Å². The molecule has 5 rings (SSSR count). The van der Waals surface area contributed by atoms with Crippen LogP contribution in [0.15, 0.2) is 36.1 Å². The zero-order chi connectivity index (χ0) is 32.1. The van der Waals surface area contributed by atoms with E-state index in [4.69, 9.17) is 18.9 Å². The molecular formula is C34H50N2O8. The largest absolute Gasteiger partial charge is 0.501 e. The van der Waals surface area contributed by atoms with E-state index in [0.29, 0.717) is 44.5 Å². The van der Waals surface area contributed by atoms with Crippen LogP contribution in [-0.4, -0.2) is 85.5 Å². The molecule has 1 aromatic carbocycles. The van der Waals surface area contributed by atoms with Crippen molar-refractivity contribution in [3.05, 3.63) is 41.7 Å². The number of esters is 1. The van der Waals surface area contributed by atoms with Gasteiger partial charge in [0.1, 0.15) is 16.8 Å². The molecule has 3 saturated carbocycles. The Labute approximate surface area is 260 Å². The number of anilines is 1. The number of allylic oxidation sites excluding steroid dienone is 1. The summed E-state index contributed by atoms with van der Waals surface area (Å²) in [6.45, 7) is 8.49. The average Bonchev–Trinajstić information content (AvgIpc) is 3.42. The lowest BCUT2D eigenvalue weighted by Gasteiger charge is -2.66. The lowest BCUT2D eigenvalue weighted by molar-refractivity contribution is -0.328. The first-order valence-electron chi connectivity index (χ1n) is 16.0. The molecule has 2 unspecified atom stereocenters. The minimum absolute atomic E-state index is 0.127. The summed E-state index contributed by atoms with van der Waals surface area (Å²) in [5.41, 5.74) is -4.21. The number of ether oxygens (including phenoxy) is 4. The monoisotopic (exact) mass is 614 g/mol. The molecule has 10 atom stereocenters. The lowest BCUT2D eigenvalue weighted by atomic mass is 9.45. The van der Waals surface area contributed by atoms with Gasteiger partial charge in [0.05, 0.1) is 36.3 Å². The second kappa shape index (κ2) is 12.0. The van der Waals surface area contributed by atoms with Crippen molar-refractivity contribution < 1.29 is 38.7 Å². The highest BCUT2D eigenvalue weighted by Crippen LogP contribution is 2.73. The molecule has 0 saturated heterocycles. The van der Waals surface area contributed by atoms with E-state index in [1.54, 1.807) is 45.6 Å². The van der Waals surface area contributed by atoms with Gasteiger partial charge in [-0.15, -0.1) is 0 Å². The van der Waals surface area contributed by atoms with Crippen LogP contribution in [0, 0.1) is 29.1 Å². The molecule has 4 N–H and O–H groups in total. The quantitative estimate of drug-likeness (QED) is 0.291. The third-order valence-electron chi connectivity index (χ3n) is 11.7. The molecule has 4 aliphatic carbocycles. The molecule has 2 bridgehead atoms. The summed E-state index contributed by atoms with van der Waals surface area (Å²) >= 11 is 0. The van der Waals surface area contributed by atoms with Gasteiger partial charge >= 0.3 is 5.97 Å². The Morgan fingerprint density at radius 2 is 1.80 bits per heavy atom. The van der Waals surface area contributed by atoms with Crippen molar-refractivity contribution in [1.29, 1.82) is 0 Å². The second-order valence-electron chi connectivity index (χ2n) is 13.3. The maximum Gasteiger partial charge on any atom is 0.340 e. The van der Waals surface area contributed by atoms with Gasteiger partial charge in [-0.2, -0.15) is 0 Å². The molecule has 10 heteroatoms. The Morgan fingerprint density at radius 1 is 1.07 bits per heavy atom. The Hall–Kier alpha value is -2.50. The lowest BCUT2D eigenvalue weighted by Crippen LogP contribution is -2.78. The summed E-state index contributed by atoms with van der Waals surface area (Å²) in [6, 6.07) is 6.83. The van der Waals surface area contributed by atoms with Gasteiger partial charge in [-0.1, -0.05) is 32.9 Å². The molecule has 4 aliphatic rings. The third kappa shape index (κ3) is 4.54. The fourth-order valence-corrected chi connectivity index (χ4v) is 9.88. The Morgan fingerprint density at radius 3 is 2.41 bits per heavy atom. The number of para-hydroxylation sites is 1. The summed E-state index contributed by atoms with van der Waals surface area (Å²) in [5.74, 6) is -1.33. The molecule has 244 valence electrons. The molecule has 44 heavy (non-hydrogen) atoms. The van der Waals surface area contributed by atoms with Crippen molar-refractivity contribution in [2.45, 2.75) is 88.8 Å². The number of carbonyl (C=O) groups excluding carboxylic acids is 2. The summed E-state index contributed by atoms with van der Waals surface area (Å²) in [7, 11) is 4.90. The first kappa shape index (κ1) is 32.9. The minimum atomic E-state index is -1.62. The van der Waals surface area contributed by atoms with Crippen molar-refractivity contribution in [2.75, 3.05) is 39.7 Å². The molecular weight excluding hydrogens is 564 g/mol. The number of likely N-dealkylation sites (N-methyl/N-ethyl adjacent to an activating group) is 1. The Balaban J connectivity index is 1.65. The molecule has 1 spiro atoms. The van der Waals surface area contributed by atoms with Gasteiger partial charge in [0.25, 0.3) is 0 Å². The molecule has 10 nitrogen and oxygen atoms in total. The SMILES string of the molecule is CCNC[C@]1(OC(=O)c2ccccc2NC(C)=O)CC=C(OC)C23CC(C[C@@H]21)[C@@]1(O)C[C@H](OC)[C@@H](CC)[C@H](OC)[C@@]1(O)[C@H]3C. The van der Waals surface area contributed by atoms with E-state index in [2.05, 4.69) is 17.6 Å². The number of rotatable bonds is 10. The van der Waals surface area contributed by atoms with Crippen LogP contribution in [0.5, 0.6) is 0 Å². The highest BCUT2D eigenvalue weighted by atomic mass is 16.6. The normalized spacial score (nSPS) is 40.8. The predicted molar refractivity (Wildman–Crippen MR) is 165 cm³/mol. The highest BCUT2D eigenvalue weighted by Gasteiger charge is 2.80. The highest BCUT2D eigenvalue weighted by molar-refractivity contribution is 6.00. The van der Waals surface area contributed by atoms with E-state index >= 15 is 0 Å². The predicted octanol–water partition coefficient (Wildman–Crippen LogP) is 3.67. The first-order chi connectivity index (χ1) is 20.9. The number of fused-ring (bicyclic) bond motifs is 3.